The van der Waals surface area contributed by atoms with Crippen molar-refractivity contribution in [3.05, 3.63) is 107 Å². The zero-order valence-electron chi connectivity index (χ0n) is 24.0. The van der Waals surface area contributed by atoms with Crippen molar-refractivity contribution in [1.82, 2.24) is 9.13 Å². The van der Waals surface area contributed by atoms with Crippen molar-refractivity contribution in [2.24, 2.45) is 4.99 Å². The van der Waals surface area contributed by atoms with Gasteiger partial charge in [-0.25, -0.2) is 14.2 Å². The van der Waals surface area contributed by atoms with E-state index in [1.807, 2.05) is 24.5 Å². The second-order valence-corrected chi connectivity index (χ2v) is 11.1. The molecule has 4 aromatic rings. The number of hydrogen-bond donors (Lipinski definition) is 0. The van der Waals surface area contributed by atoms with Crippen molar-refractivity contribution >= 4 is 35.0 Å². The molecule has 0 N–H and O–H groups in total. The number of aromatic nitrogens is 2. The van der Waals surface area contributed by atoms with Crippen LogP contribution in [0.2, 0.25) is 5.02 Å². The van der Waals surface area contributed by atoms with Crippen molar-refractivity contribution in [3.8, 4) is 17.2 Å². The molecule has 1 aliphatic heterocycles. The molecule has 0 fully saturated rings. The highest BCUT2D eigenvalue weighted by Gasteiger charge is 2.35. The van der Waals surface area contributed by atoms with E-state index in [-0.39, 0.29) is 22.8 Å². The molecule has 8 nitrogen and oxygen atoms in total. The average Bonchev–Trinajstić information content (AvgIpc) is 3.42. The normalized spacial score (nSPS) is 15.0. The van der Waals surface area contributed by atoms with Crippen LogP contribution in [-0.4, -0.2) is 35.9 Å². The van der Waals surface area contributed by atoms with Crippen molar-refractivity contribution in [3.63, 3.8) is 0 Å². The van der Waals surface area contributed by atoms with E-state index < -0.39 is 17.8 Å². The zero-order chi connectivity index (χ0) is 30.3. The van der Waals surface area contributed by atoms with Gasteiger partial charge >= 0.3 is 5.97 Å². The molecule has 0 bridgehead atoms. The molecule has 1 atom stereocenters. The number of allylic oxidation sites excluding steroid dienone is 1. The number of halogens is 2. The first kappa shape index (κ1) is 29.3. The molecule has 0 amide bonds. The lowest BCUT2D eigenvalue weighted by Gasteiger charge is -2.26. The van der Waals surface area contributed by atoms with Gasteiger partial charge in [0, 0.05) is 28.7 Å². The number of nitrogens with zero attached hydrogens (tertiary/aromatic N) is 3. The second-order valence-electron chi connectivity index (χ2n) is 9.67. The van der Waals surface area contributed by atoms with Gasteiger partial charge in [-0.05, 0) is 75.7 Å². The second kappa shape index (κ2) is 11.6. The van der Waals surface area contributed by atoms with Crippen LogP contribution in [0.5, 0.6) is 11.5 Å². The van der Waals surface area contributed by atoms with Gasteiger partial charge in [0.1, 0.15) is 23.4 Å². The summed E-state index contributed by atoms with van der Waals surface area (Å²) < 4.78 is 34.1. The number of hydrogen-bond acceptors (Lipinski definition) is 7. The largest absolute Gasteiger partial charge is 0.497 e. The maximum Gasteiger partial charge on any atom is 0.338 e. The Balaban J connectivity index is 1.72. The number of aryl methyl sites for hydroxylation is 1. The highest BCUT2D eigenvalue weighted by atomic mass is 35.5. The SMILES string of the molecule is CCOC(=O)C1=C(C)N=c2s/c(=C/c3cc(C)n(-c4ccc(F)c(Cl)c4)c3C)c(=O)n2[C@H]1c1ccc(OC)cc1OC. The van der Waals surface area contributed by atoms with E-state index in [1.54, 1.807) is 57.4 Å². The van der Waals surface area contributed by atoms with Crippen molar-refractivity contribution < 1.29 is 23.4 Å². The molecule has 2 aromatic carbocycles. The van der Waals surface area contributed by atoms with E-state index in [2.05, 4.69) is 4.99 Å². The summed E-state index contributed by atoms with van der Waals surface area (Å²) in [7, 11) is 3.07. The Bertz CT molecular complexity index is 1940. The molecule has 0 saturated heterocycles. The van der Waals surface area contributed by atoms with Gasteiger partial charge in [0.2, 0.25) is 0 Å². The van der Waals surface area contributed by atoms with Crippen LogP contribution >= 0.6 is 22.9 Å². The number of benzene rings is 2. The summed E-state index contributed by atoms with van der Waals surface area (Å²) in [6, 6.07) is 10.9. The third-order valence-electron chi connectivity index (χ3n) is 7.17. The number of carbonyl (C=O) groups is 1. The van der Waals surface area contributed by atoms with Crippen molar-refractivity contribution in [2.75, 3.05) is 20.8 Å². The summed E-state index contributed by atoms with van der Waals surface area (Å²) in [4.78, 5) is 32.4. The number of fused-ring (bicyclic) bond motifs is 1. The molecule has 11 heteroatoms. The molecule has 0 spiro atoms. The van der Waals surface area contributed by atoms with E-state index in [0.29, 0.717) is 37.8 Å². The van der Waals surface area contributed by atoms with Gasteiger partial charge in [0.05, 0.1) is 41.7 Å². The Morgan fingerprint density at radius 2 is 1.88 bits per heavy atom. The fourth-order valence-corrected chi connectivity index (χ4v) is 6.44. The van der Waals surface area contributed by atoms with Gasteiger partial charge in [-0.2, -0.15) is 0 Å². The summed E-state index contributed by atoms with van der Waals surface area (Å²) in [5, 5.41) is 0.0246. The topological polar surface area (TPSA) is 84.1 Å². The number of carbonyl (C=O) groups excluding carboxylic acids is 1. The highest BCUT2D eigenvalue weighted by Crippen LogP contribution is 2.37. The van der Waals surface area contributed by atoms with Crippen LogP contribution in [0.15, 0.2) is 63.5 Å². The minimum Gasteiger partial charge on any atom is -0.497 e. The predicted molar refractivity (Wildman–Crippen MR) is 160 cm³/mol. The first-order chi connectivity index (χ1) is 20.1. The Kier molecular flexibility index (Phi) is 8.12. The Morgan fingerprint density at radius 3 is 2.55 bits per heavy atom. The minimum absolute atomic E-state index is 0.0246. The van der Waals surface area contributed by atoms with Crippen LogP contribution in [0.1, 0.15) is 42.4 Å². The molecular formula is C31H29ClFN3O5S. The molecule has 0 radical (unpaired) electrons. The summed E-state index contributed by atoms with van der Waals surface area (Å²) in [6.07, 6.45) is 1.81. The predicted octanol–water partition coefficient (Wildman–Crippen LogP) is 5.02. The maximum absolute atomic E-state index is 14.1. The molecule has 0 saturated carbocycles. The Morgan fingerprint density at radius 1 is 1.12 bits per heavy atom. The molecule has 42 heavy (non-hydrogen) atoms. The van der Waals surface area contributed by atoms with E-state index in [1.165, 1.54) is 29.1 Å². The third kappa shape index (κ3) is 5.05. The number of rotatable bonds is 7. The standard InChI is InChI=1S/C31H29ClFN3O5S/c1-7-41-30(38)27-17(3)34-31-36(28(27)22-10-9-21(39-5)15-25(22)40-6)29(37)26(42-31)13-19-12-16(2)35(18(19)4)20-8-11-24(33)23(32)14-20/h8-15,28H,7H2,1-6H3/b26-13+/t28-/m0/s1. The van der Waals surface area contributed by atoms with Crippen molar-refractivity contribution in [1.29, 1.82) is 0 Å². The molecule has 3 heterocycles. The lowest BCUT2D eigenvalue weighted by molar-refractivity contribution is -0.139. The van der Waals surface area contributed by atoms with Crippen molar-refractivity contribution in [2.45, 2.75) is 33.7 Å². The first-order valence-corrected chi connectivity index (χ1v) is 14.3. The van der Waals surface area contributed by atoms with Gasteiger partial charge in [-0.1, -0.05) is 22.9 Å². The Labute approximate surface area is 250 Å². The first-order valence-electron chi connectivity index (χ1n) is 13.2. The molecule has 0 unspecified atom stereocenters. The van der Waals surface area contributed by atoms with Gasteiger partial charge in [-0.3, -0.25) is 9.36 Å². The lowest BCUT2D eigenvalue weighted by Crippen LogP contribution is -2.40. The van der Waals surface area contributed by atoms with Gasteiger partial charge in [0.15, 0.2) is 4.80 Å². The zero-order valence-corrected chi connectivity index (χ0v) is 25.5. The van der Waals surface area contributed by atoms with Gasteiger partial charge in [0.25, 0.3) is 5.56 Å². The summed E-state index contributed by atoms with van der Waals surface area (Å²) >= 11 is 7.28. The van der Waals surface area contributed by atoms with Crippen LogP contribution in [-0.2, 0) is 9.53 Å². The maximum atomic E-state index is 14.1. The minimum atomic E-state index is -0.836. The van der Waals surface area contributed by atoms with E-state index in [0.717, 1.165) is 17.0 Å². The van der Waals surface area contributed by atoms with Crippen LogP contribution in [0.3, 0.4) is 0 Å². The summed E-state index contributed by atoms with van der Waals surface area (Å²) in [5.41, 5.74) is 4.23. The average molecular weight is 610 g/mol. The molecule has 1 aliphatic rings. The van der Waals surface area contributed by atoms with Crippen LogP contribution < -0.4 is 24.4 Å². The monoisotopic (exact) mass is 609 g/mol. The molecule has 2 aromatic heterocycles. The molecule has 0 aliphatic carbocycles. The molecule has 218 valence electrons. The molecule has 5 rings (SSSR count). The number of methoxy groups -OCH3 is 2. The van der Waals surface area contributed by atoms with E-state index >= 15 is 0 Å². The summed E-state index contributed by atoms with van der Waals surface area (Å²) in [5.74, 6) is -0.0340. The van der Waals surface area contributed by atoms with Crippen LogP contribution in [0, 0.1) is 19.7 Å². The number of esters is 1. The third-order valence-corrected chi connectivity index (χ3v) is 8.44. The van der Waals surface area contributed by atoms with Gasteiger partial charge in [-0.15, -0.1) is 0 Å². The highest BCUT2D eigenvalue weighted by molar-refractivity contribution is 7.07. The smallest absolute Gasteiger partial charge is 0.338 e. The molecular weight excluding hydrogens is 581 g/mol. The summed E-state index contributed by atoms with van der Waals surface area (Å²) in [6.45, 7) is 7.47. The fourth-order valence-electron chi connectivity index (χ4n) is 5.23. The van der Waals surface area contributed by atoms with E-state index in [9.17, 15) is 14.0 Å². The Hall–Kier alpha value is -4.15. The van der Waals surface area contributed by atoms with Crippen LogP contribution in [0.25, 0.3) is 11.8 Å². The number of thiazole rings is 1. The van der Waals surface area contributed by atoms with Gasteiger partial charge < -0.3 is 18.8 Å². The number of ether oxygens (including phenoxy) is 3. The van der Waals surface area contributed by atoms with Crippen LogP contribution in [0.4, 0.5) is 4.39 Å². The lowest BCUT2D eigenvalue weighted by atomic mass is 9.95. The fraction of sp³-hybridized carbons (Fsp3) is 0.258. The van der Waals surface area contributed by atoms with E-state index in [4.69, 9.17) is 25.8 Å². The quantitative estimate of drug-likeness (QED) is 0.275.